The molecule has 3 saturated heterocycles. The van der Waals surface area contributed by atoms with Gasteiger partial charge in [-0.2, -0.15) is 4.98 Å². The average Bonchev–Trinajstić information content (AvgIpc) is 3.41. The SMILES string of the molecule is CN(C)C(=O)c1ccc(-c2nccs2)n2nc(N3CC4CC(C3)N4C(=O)OC(C)(C)C)nc12. The number of ether oxygens (including phenoxy) is 1. The fourth-order valence-corrected chi connectivity index (χ4v) is 5.04. The van der Waals surface area contributed by atoms with Crippen LogP contribution in [0, 0.1) is 0 Å². The summed E-state index contributed by atoms with van der Waals surface area (Å²) in [5.41, 5.74) is 1.24. The van der Waals surface area contributed by atoms with Crippen molar-refractivity contribution in [3.63, 3.8) is 0 Å². The molecular formula is C22H27N7O3S. The van der Waals surface area contributed by atoms with E-state index in [2.05, 4.69) is 9.88 Å². The molecule has 2 bridgehead atoms. The predicted molar refractivity (Wildman–Crippen MR) is 125 cm³/mol. The normalized spacial score (nSPS) is 20.0. The van der Waals surface area contributed by atoms with E-state index in [1.54, 1.807) is 30.9 Å². The lowest BCUT2D eigenvalue weighted by Gasteiger charge is -2.55. The fourth-order valence-electron chi connectivity index (χ4n) is 4.39. The number of rotatable bonds is 3. The van der Waals surface area contributed by atoms with Gasteiger partial charge in [-0.05, 0) is 39.3 Å². The smallest absolute Gasteiger partial charge is 0.410 e. The van der Waals surface area contributed by atoms with Gasteiger partial charge >= 0.3 is 6.09 Å². The number of thiazole rings is 1. The Labute approximate surface area is 195 Å². The Hall–Kier alpha value is -3.21. The van der Waals surface area contributed by atoms with Crippen LogP contribution in [0.15, 0.2) is 23.7 Å². The number of amides is 2. The van der Waals surface area contributed by atoms with Gasteiger partial charge in [-0.25, -0.2) is 14.3 Å². The Morgan fingerprint density at radius 2 is 1.91 bits per heavy atom. The third-order valence-corrected chi connectivity index (χ3v) is 6.64. The number of carbonyl (C=O) groups excluding carboxylic acids is 2. The topological polar surface area (TPSA) is 96.2 Å². The Kier molecular flexibility index (Phi) is 5.04. The van der Waals surface area contributed by atoms with Gasteiger partial charge in [-0.1, -0.05) is 0 Å². The number of carbonyl (C=O) groups is 2. The predicted octanol–water partition coefficient (Wildman–Crippen LogP) is 2.75. The summed E-state index contributed by atoms with van der Waals surface area (Å²) in [7, 11) is 3.43. The van der Waals surface area contributed by atoms with Crippen LogP contribution in [0.3, 0.4) is 0 Å². The minimum atomic E-state index is -0.522. The summed E-state index contributed by atoms with van der Waals surface area (Å²) in [5, 5.41) is 7.48. The lowest BCUT2D eigenvalue weighted by atomic mass is 9.88. The van der Waals surface area contributed by atoms with E-state index in [4.69, 9.17) is 14.8 Å². The van der Waals surface area contributed by atoms with Gasteiger partial charge in [0.25, 0.3) is 5.91 Å². The number of aromatic nitrogens is 4. The van der Waals surface area contributed by atoms with E-state index >= 15 is 0 Å². The lowest BCUT2D eigenvalue weighted by Crippen LogP contribution is -2.70. The van der Waals surface area contributed by atoms with E-state index in [0.29, 0.717) is 30.2 Å². The summed E-state index contributed by atoms with van der Waals surface area (Å²) in [5.74, 6) is 0.410. The van der Waals surface area contributed by atoms with Gasteiger partial charge < -0.3 is 14.5 Å². The molecule has 33 heavy (non-hydrogen) atoms. The summed E-state index contributed by atoms with van der Waals surface area (Å²) in [6, 6.07) is 3.77. The number of nitrogens with zero attached hydrogens (tertiary/aromatic N) is 7. The van der Waals surface area contributed by atoms with Crippen molar-refractivity contribution >= 4 is 34.9 Å². The molecule has 6 rings (SSSR count). The van der Waals surface area contributed by atoms with E-state index in [-0.39, 0.29) is 24.1 Å². The maximum atomic E-state index is 12.8. The first-order chi connectivity index (χ1) is 15.6. The summed E-state index contributed by atoms with van der Waals surface area (Å²) in [6.45, 7) is 6.87. The first kappa shape index (κ1) is 21.6. The highest BCUT2D eigenvalue weighted by molar-refractivity contribution is 7.13. The number of anilines is 1. The van der Waals surface area contributed by atoms with Crippen molar-refractivity contribution in [2.24, 2.45) is 0 Å². The van der Waals surface area contributed by atoms with E-state index in [9.17, 15) is 9.59 Å². The van der Waals surface area contributed by atoms with Crippen LogP contribution in [0.5, 0.6) is 0 Å². The van der Waals surface area contributed by atoms with Crippen molar-refractivity contribution in [1.82, 2.24) is 29.4 Å². The molecule has 11 heteroatoms. The molecule has 2 atom stereocenters. The molecule has 3 aromatic heterocycles. The van der Waals surface area contributed by atoms with Crippen molar-refractivity contribution in [2.75, 3.05) is 32.1 Å². The van der Waals surface area contributed by atoms with Crippen molar-refractivity contribution in [1.29, 1.82) is 0 Å². The monoisotopic (exact) mass is 469 g/mol. The van der Waals surface area contributed by atoms with Crippen LogP contribution in [0.2, 0.25) is 0 Å². The van der Waals surface area contributed by atoms with E-state index in [1.807, 2.05) is 37.1 Å². The van der Waals surface area contributed by atoms with Crippen LogP contribution in [0.1, 0.15) is 37.6 Å². The molecule has 0 spiro atoms. The van der Waals surface area contributed by atoms with Gasteiger partial charge in [-0.15, -0.1) is 16.4 Å². The Morgan fingerprint density at radius 3 is 2.52 bits per heavy atom. The Bertz CT molecular complexity index is 1200. The second kappa shape index (κ2) is 7.68. The van der Waals surface area contributed by atoms with Crippen LogP contribution < -0.4 is 4.90 Å². The van der Waals surface area contributed by atoms with Crippen molar-refractivity contribution in [2.45, 2.75) is 44.9 Å². The van der Waals surface area contributed by atoms with Crippen LogP contribution in [-0.4, -0.2) is 86.3 Å². The summed E-state index contributed by atoms with van der Waals surface area (Å²) in [6.07, 6.45) is 2.42. The molecule has 3 aliphatic heterocycles. The summed E-state index contributed by atoms with van der Waals surface area (Å²) < 4.78 is 7.28. The molecule has 2 amide bonds. The van der Waals surface area contributed by atoms with Crippen LogP contribution in [0.25, 0.3) is 16.3 Å². The highest BCUT2D eigenvalue weighted by Gasteiger charge is 2.49. The summed E-state index contributed by atoms with van der Waals surface area (Å²) >= 11 is 1.50. The zero-order valence-corrected chi connectivity index (χ0v) is 20.2. The van der Waals surface area contributed by atoms with Crippen LogP contribution in [0.4, 0.5) is 10.7 Å². The highest BCUT2D eigenvalue weighted by Crippen LogP contribution is 2.35. The molecule has 0 saturated carbocycles. The zero-order chi connectivity index (χ0) is 23.5. The molecule has 10 nitrogen and oxygen atoms in total. The van der Waals surface area contributed by atoms with Gasteiger partial charge in [0.1, 0.15) is 16.3 Å². The number of piperazine rings is 1. The number of hydrogen-bond acceptors (Lipinski definition) is 8. The minimum Gasteiger partial charge on any atom is -0.444 e. The number of fused-ring (bicyclic) bond motifs is 3. The lowest BCUT2D eigenvalue weighted by molar-refractivity contribution is -0.0381. The van der Waals surface area contributed by atoms with Crippen LogP contribution >= 0.6 is 11.3 Å². The Balaban J connectivity index is 1.47. The second-order valence-corrected chi connectivity index (χ2v) is 10.5. The number of pyridine rings is 1. The van der Waals surface area contributed by atoms with Crippen molar-refractivity contribution < 1.29 is 14.3 Å². The standard InChI is InChI=1S/C22H27N7O3S/c1-22(2,3)32-21(31)28-13-10-14(28)12-27(11-13)20-24-17-15(19(30)26(4)5)6-7-16(29(17)25-20)18-23-8-9-33-18/h6-9,13-14H,10-12H2,1-5H3. The fraction of sp³-hybridized carbons (Fsp3) is 0.500. The first-order valence-corrected chi connectivity index (χ1v) is 11.8. The maximum Gasteiger partial charge on any atom is 0.410 e. The maximum absolute atomic E-state index is 12.8. The van der Waals surface area contributed by atoms with E-state index in [1.165, 1.54) is 16.2 Å². The van der Waals surface area contributed by atoms with Gasteiger partial charge in [-0.3, -0.25) is 9.69 Å². The van der Waals surface area contributed by atoms with E-state index in [0.717, 1.165) is 17.1 Å². The average molecular weight is 470 g/mol. The van der Waals surface area contributed by atoms with Crippen molar-refractivity contribution in [3.8, 4) is 10.7 Å². The Morgan fingerprint density at radius 1 is 1.18 bits per heavy atom. The second-order valence-electron chi connectivity index (χ2n) is 9.65. The van der Waals surface area contributed by atoms with Crippen molar-refractivity contribution in [3.05, 3.63) is 29.3 Å². The molecule has 174 valence electrons. The molecule has 6 heterocycles. The largest absolute Gasteiger partial charge is 0.444 e. The molecular weight excluding hydrogens is 442 g/mol. The summed E-state index contributed by atoms with van der Waals surface area (Å²) in [4.78, 5) is 40.0. The number of piperidine rings is 1. The first-order valence-electron chi connectivity index (χ1n) is 10.9. The van der Waals surface area contributed by atoms with Gasteiger partial charge in [0, 0.05) is 38.8 Å². The molecule has 0 N–H and O–H groups in total. The molecule has 3 aromatic rings. The van der Waals surface area contributed by atoms with Crippen LogP contribution in [-0.2, 0) is 4.74 Å². The van der Waals surface area contributed by atoms with E-state index < -0.39 is 5.60 Å². The molecule has 0 radical (unpaired) electrons. The molecule has 3 fully saturated rings. The molecule has 0 aliphatic carbocycles. The highest BCUT2D eigenvalue weighted by atomic mass is 32.1. The zero-order valence-electron chi connectivity index (χ0n) is 19.3. The third kappa shape index (κ3) is 3.79. The quantitative estimate of drug-likeness (QED) is 0.582. The molecule has 0 aromatic carbocycles. The molecule has 2 unspecified atom stereocenters. The van der Waals surface area contributed by atoms with Gasteiger partial charge in [0.05, 0.1) is 17.6 Å². The number of hydrogen-bond donors (Lipinski definition) is 0. The van der Waals surface area contributed by atoms with Gasteiger partial charge in [0.2, 0.25) is 5.95 Å². The third-order valence-electron chi connectivity index (χ3n) is 5.84. The van der Waals surface area contributed by atoms with Gasteiger partial charge in [0.15, 0.2) is 5.65 Å². The molecule has 3 aliphatic rings. The minimum absolute atomic E-state index is 0.0616.